The number of amides is 1. The first-order chi connectivity index (χ1) is 12.1. The van der Waals surface area contributed by atoms with E-state index < -0.39 is 0 Å². The Hall–Kier alpha value is -2.58. The summed E-state index contributed by atoms with van der Waals surface area (Å²) in [5.74, 6) is -0.367. The van der Waals surface area contributed by atoms with Crippen molar-refractivity contribution in [3.63, 3.8) is 0 Å². The number of rotatable bonds is 5. The Morgan fingerprint density at radius 3 is 1.84 bits per heavy atom. The minimum absolute atomic E-state index is 0.0233. The summed E-state index contributed by atoms with van der Waals surface area (Å²) in [6, 6.07) is 27.1. The average molecular weight is 350 g/mol. The van der Waals surface area contributed by atoms with Crippen LogP contribution >= 0.6 is 11.6 Å². The third-order valence-corrected chi connectivity index (χ3v) is 4.47. The SMILES string of the molecule is C[C@@H](NC(=O)C(c1ccccc1)c1ccccc1)c1cccc(Cl)c1. The minimum atomic E-state index is -0.343. The van der Waals surface area contributed by atoms with Gasteiger partial charge in [-0.05, 0) is 35.7 Å². The lowest BCUT2D eigenvalue weighted by atomic mass is 9.90. The van der Waals surface area contributed by atoms with Crippen molar-refractivity contribution >= 4 is 17.5 Å². The van der Waals surface area contributed by atoms with Gasteiger partial charge in [0.2, 0.25) is 5.91 Å². The molecule has 0 spiro atoms. The molecule has 0 saturated carbocycles. The van der Waals surface area contributed by atoms with E-state index in [-0.39, 0.29) is 17.9 Å². The summed E-state index contributed by atoms with van der Waals surface area (Å²) in [7, 11) is 0. The minimum Gasteiger partial charge on any atom is -0.349 e. The molecule has 0 saturated heterocycles. The van der Waals surface area contributed by atoms with Crippen LogP contribution in [0.25, 0.3) is 0 Å². The Morgan fingerprint density at radius 1 is 0.800 bits per heavy atom. The van der Waals surface area contributed by atoms with Crippen molar-refractivity contribution in [1.82, 2.24) is 5.32 Å². The van der Waals surface area contributed by atoms with E-state index in [9.17, 15) is 4.79 Å². The molecule has 0 unspecified atom stereocenters. The lowest BCUT2D eigenvalue weighted by molar-refractivity contribution is -0.122. The number of carbonyl (C=O) groups is 1. The van der Waals surface area contributed by atoms with Crippen molar-refractivity contribution < 1.29 is 4.79 Å². The van der Waals surface area contributed by atoms with Gasteiger partial charge in [0.1, 0.15) is 0 Å². The van der Waals surface area contributed by atoms with Gasteiger partial charge in [-0.15, -0.1) is 0 Å². The highest BCUT2D eigenvalue weighted by Gasteiger charge is 2.24. The summed E-state index contributed by atoms with van der Waals surface area (Å²) in [5, 5.41) is 3.79. The summed E-state index contributed by atoms with van der Waals surface area (Å²) < 4.78 is 0. The van der Waals surface area contributed by atoms with Crippen molar-refractivity contribution in [2.24, 2.45) is 0 Å². The standard InChI is InChI=1S/C22H20ClNO/c1-16(19-13-8-14-20(23)15-19)24-22(25)21(17-9-4-2-5-10-17)18-11-6-3-7-12-18/h2-16,21H,1H3,(H,24,25)/t16-/m1/s1. The number of carbonyl (C=O) groups excluding carboxylic acids is 1. The first-order valence-corrected chi connectivity index (χ1v) is 8.68. The highest BCUT2D eigenvalue weighted by atomic mass is 35.5. The molecule has 3 aromatic carbocycles. The number of benzene rings is 3. The van der Waals surface area contributed by atoms with Crippen molar-refractivity contribution in [3.8, 4) is 0 Å². The van der Waals surface area contributed by atoms with Crippen LogP contribution in [0.3, 0.4) is 0 Å². The van der Waals surface area contributed by atoms with Crippen LogP contribution in [-0.4, -0.2) is 5.91 Å². The monoisotopic (exact) mass is 349 g/mol. The second-order valence-corrected chi connectivity index (χ2v) is 6.48. The van der Waals surface area contributed by atoms with Gasteiger partial charge in [0.25, 0.3) is 0 Å². The molecule has 3 rings (SSSR count). The predicted molar refractivity (Wildman–Crippen MR) is 103 cm³/mol. The molecule has 0 radical (unpaired) electrons. The summed E-state index contributed by atoms with van der Waals surface area (Å²) in [6.07, 6.45) is 0. The van der Waals surface area contributed by atoms with Crippen LogP contribution in [0.1, 0.15) is 35.6 Å². The maximum Gasteiger partial charge on any atom is 0.232 e. The molecular weight excluding hydrogens is 330 g/mol. The second-order valence-electron chi connectivity index (χ2n) is 6.04. The first-order valence-electron chi connectivity index (χ1n) is 8.31. The quantitative estimate of drug-likeness (QED) is 0.661. The van der Waals surface area contributed by atoms with Crippen LogP contribution in [0.2, 0.25) is 5.02 Å². The maximum absolute atomic E-state index is 13.1. The molecular formula is C22H20ClNO. The van der Waals surface area contributed by atoms with Crippen molar-refractivity contribution in [2.75, 3.05) is 0 Å². The Bertz CT molecular complexity index is 793. The Kier molecular flexibility index (Phi) is 5.52. The van der Waals surface area contributed by atoms with Crippen LogP contribution < -0.4 is 5.32 Å². The van der Waals surface area contributed by atoms with Gasteiger partial charge in [0, 0.05) is 5.02 Å². The molecule has 2 nitrogen and oxygen atoms in total. The zero-order valence-electron chi connectivity index (χ0n) is 14.0. The molecule has 25 heavy (non-hydrogen) atoms. The predicted octanol–water partition coefficient (Wildman–Crippen LogP) is 5.35. The van der Waals surface area contributed by atoms with E-state index >= 15 is 0 Å². The molecule has 0 aliphatic rings. The highest BCUT2D eigenvalue weighted by Crippen LogP contribution is 2.26. The molecule has 1 N–H and O–H groups in total. The van der Waals surface area contributed by atoms with Gasteiger partial charge in [-0.2, -0.15) is 0 Å². The van der Waals surface area contributed by atoms with Crippen LogP contribution in [-0.2, 0) is 4.79 Å². The van der Waals surface area contributed by atoms with Gasteiger partial charge in [-0.1, -0.05) is 84.4 Å². The van der Waals surface area contributed by atoms with E-state index in [4.69, 9.17) is 11.6 Å². The van der Waals surface area contributed by atoms with Gasteiger partial charge in [0.15, 0.2) is 0 Å². The fraction of sp³-hybridized carbons (Fsp3) is 0.136. The number of halogens is 1. The molecule has 0 bridgehead atoms. The van der Waals surface area contributed by atoms with E-state index in [1.807, 2.05) is 91.9 Å². The molecule has 0 aliphatic carbocycles. The summed E-state index contributed by atoms with van der Waals surface area (Å²) in [6.45, 7) is 1.97. The van der Waals surface area contributed by atoms with Crippen molar-refractivity contribution in [2.45, 2.75) is 18.9 Å². The number of hydrogen-bond acceptors (Lipinski definition) is 1. The average Bonchev–Trinajstić information content (AvgIpc) is 2.63. The fourth-order valence-corrected chi connectivity index (χ4v) is 3.14. The van der Waals surface area contributed by atoms with Crippen LogP contribution in [0.4, 0.5) is 0 Å². The topological polar surface area (TPSA) is 29.1 Å². The molecule has 1 atom stereocenters. The third-order valence-electron chi connectivity index (χ3n) is 4.24. The van der Waals surface area contributed by atoms with Gasteiger partial charge in [-0.3, -0.25) is 4.79 Å². The Balaban J connectivity index is 1.87. The lowest BCUT2D eigenvalue weighted by Crippen LogP contribution is -2.32. The van der Waals surface area contributed by atoms with Gasteiger partial charge < -0.3 is 5.32 Å². The number of nitrogens with one attached hydrogen (secondary N) is 1. The van der Waals surface area contributed by atoms with E-state index in [0.29, 0.717) is 5.02 Å². The lowest BCUT2D eigenvalue weighted by Gasteiger charge is -2.21. The fourth-order valence-electron chi connectivity index (χ4n) is 2.94. The largest absolute Gasteiger partial charge is 0.349 e. The van der Waals surface area contributed by atoms with Gasteiger partial charge in [-0.25, -0.2) is 0 Å². The molecule has 1 amide bonds. The molecule has 0 heterocycles. The molecule has 0 aliphatic heterocycles. The molecule has 0 aromatic heterocycles. The first kappa shape index (κ1) is 17.2. The summed E-state index contributed by atoms with van der Waals surface area (Å²) >= 11 is 6.07. The second kappa shape index (κ2) is 8.00. The van der Waals surface area contributed by atoms with Crippen LogP contribution in [0.15, 0.2) is 84.9 Å². The smallest absolute Gasteiger partial charge is 0.232 e. The van der Waals surface area contributed by atoms with E-state index in [0.717, 1.165) is 16.7 Å². The Labute approximate surface area is 153 Å². The van der Waals surface area contributed by atoms with Gasteiger partial charge in [0.05, 0.1) is 12.0 Å². The van der Waals surface area contributed by atoms with Crippen molar-refractivity contribution in [3.05, 3.63) is 107 Å². The van der Waals surface area contributed by atoms with Gasteiger partial charge >= 0.3 is 0 Å². The van der Waals surface area contributed by atoms with E-state index in [1.54, 1.807) is 0 Å². The maximum atomic E-state index is 13.1. The zero-order chi connectivity index (χ0) is 17.6. The third kappa shape index (κ3) is 4.28. The van der Waals surface area contributed by atoms with Crippen LogP contribution in [0.5, 0.6) is 0 Å². The summed E-state index contributed by atoms with van der Waals surface area (Å²) in [4.78, 5) is 13.1. The highest BCUT2D eigenvalue weighted by molar-refractivity contribution is 6.30. The van der Waals surface area contributed by atoms with E-state index in [1.165, 1.54) is 0 Å². The zero-order valence-corrected chi connectivity index (χ0v) is 14.8. The molecule has 3 aromatic rings. The van der Waals surface area contributed by atoms with E-state index in [2.05, 4.69) is 5.32 Å². The molecule has 0 fully saturated rings. The molecule has 3 heteroatoms. The normalized spacial score (nSPS) is 12.0. The van der Waals surface area contributed by atoms with Crippen molar-refractivity contribution in [1.29, 1.82) is 0 Å². The summed E-state index contributed by atoms with van der Waals surface area (Å²) in [5.41, 5.74) is 2.94. The number of hydrogen-bond donors (Lipinski definition) is 1. The Morgan fingerprint density at radius 2 is 1.32 bits per heavy atom. The van der Waals surface area contributed by atoms with Crippen LogP contribution in [0, 0.1) is 0 Å². The molecule has 126 valence electrons.